The minimum absolute atomic E-state index is 0.282. The van der Waals surface area contributed by atoms with Crippen molar-refractivity contribution >= 4 is 5.78 Å². The third-order valence-corrected chi connectivity index (χ3v) is 3.68. The van der Waals surface area contributed by atoms with Gasteiger partial charge in [0.25, 0.3) is 0 Å². The Morgan fingerprint density at radius 3 is 2.83 bits per heavy atom. The van der Waals surface area contributed by atoms with Crippen LogP contribution in [0.25, 0.3) is 0 Å². The molecule has 12 heavy (non-hydrogen) atoms. The molecule has 0 heterocycles. The van der Waals surface area contributed by atoms with Gasteiger partial charge in [-0.1, -0.05) is 19.9 Å². The van der Waals surface area contributed by atoms with Gasteiger partial charge in [-0.2, -0.15) is 0 Å². The molecule has 0 radical (unpaired) electrons. The maximum Gasteiger partial charge on any atom is 0.158 e. The minimum atomic E-state index is 0.282. The van der Waals surface area contributed by atoms with Crippen LogP contribution in [-0.4, -0.2) is 5.78 Å². The molecule has 1 heteroatoms. The molecule has 1 nitrogen and oxygen atoms in total. The second-order valence-corrected chi connectivity index (χ2v) is 4.35. The van der Waals surface area contributed by atoms with Gasteiger partial charge in [0.15, 0.2) is 5.78 Å². The highest BCUT2D eigenvalue weighted by Crippen LogP contribution is 2.44. The Bertz CT molecular complexity index is 229. The largest absolute Gasteiger partial charge is 0.295 e. The number of carbonyl (C=O) groups is 1. The summed E-state index contributed by atoms with van der Waals surface area (Å²) in [6.07, 6.45) is 6.50. The lowest BCUT2D eigenvalue weighted by Crippen LogP contribution is -2.27. The molecule has 2 rings (SSSR count). The molecule has 0 aromatic heterocycles. The summed E-state index contributed by atoms with van der Waals surface area (Å²) in [5.74, 6) is 2.76. The van der Waals surface area contributed by atoms with E-state index in [1.54, 1.807) is 6.08 Å². The van der Waals surface area contributed by atoms with Crippen LogP contribution in [0, 0.1) is 23.7 Å². The molecule has 0 N–H and O–H groups in total. The quantitative estimate of drug-likeness (QED) is 0.537. The number of carbonyl (C=O) groups excluding carboxylic acids is 1. The summed E-state index contributed by atoms with van der Waals surface area (Å²) in [7, 11) is 0. The molecule has 1 saturated carbocycles. The molecule has 66 valence electrons. The summed E-state index contributed by atoms with van der Waals surface area (Å²) in [6, 6.07) is 0. The van der Waals surface area contributed by atoms with Gasteiger partial charge in [-0.05, 0) is 36.7 Å². The molecule has 0 amide bonds. The van der Waals surface area contributed by atoms with Gasteiger partial charge in [0, 0.05) is 5.92 Å². The van der Waals surface area contributed by atoms with Crippen LogP contribution in [0.5, 0.6) is 0 Å². The molecular formula is C11H16O. The number of fused-ring (bicyclic) bond motifs is 1. The first kappa shape index (κ1) is 8.03. The van der Waals surface area contributed by atoms with E-state index in [1.807, 2.05) is 0 Å². The molecule has 0 spiro atoms. The number of hydrogen-bond acceptors (Lipinski definition) is 1. The van der Waals surface area contributed by atoms with Crippen LogP contribution in [0.15, 0.2) is 12.2 Å². The van der Waals surface area contributed by atoms with Crippen molar-refractivity contribution in [1.29, 1.82) is 0 Å². The zero-order valence-corrected chi connectivity index (χ0v) is 7.79. The summed E-state index contributed by atoms with van der Waals surface area (Å²) in [5.41, 5.74) is 0. The summed E-state index contributed by atoms with van der Waals surface area (Å²) < 4.78 is 0. The van der Waals surface area contributed by atoms with E-state index in [4.69, 9.17) is 0 Å². The van der Waals surface area contributed by atoms with E-state index in [-0.39, 0.29) is 5.92 Å². The average molecular weight is 164 g/mol. The zero-order chi connectivity index (χ0) is 8.72. The van der Waals surface area contributed by atoms with E-state index in [0.29, 0.717) is 17.6 Å². The van der Waals surface area contributed by atoms with Gasteiger partial charge in [-0.25, -0.2) is 0 Å². The van der Waals surface area contributed by atoms with Crippen LogP contribution in [0.2, 0.25) is 0 Å². The Labute approximate surface area is 73.8 Å². The van der Waals surface area contributed by atoms with E-state index in [9.17, 15) is 4.79 Å². The van der Waals surface area contributed by atoms with Gasteiger partial charge in [-0.15, -0.1) is 0 Å². The first-order valence-electron chi connectivity index (χ1n) is 4.92. The maximum absolute atomic E-state index is 11.4. The molecule has 0 unspecified atom stereocenters. The lowest BCUT2D eigenvalue weighted by atomic mass is 9.76. The predicted molar refractivity (Wildman–Crippen MR) is 48.7 cm³/mol. The van der Waals surface area contributed by atoms with E-state index < -0.39 is 0 Å². The number of rotatable bonds is 0. The van der Waals surface area contributed by atoms with E-state index in [2.05, 4.69) is 19.9 Å². The molecule has 1 fully saturated rings. The highest BCUT2D eigenvalue weighted by Gasteiger charge is 2.39. The highest BCUT2D eigenvalue weighted by atomic mass is 16.1. The van der Waals surface area contributed by atoms with Gasteiger partial charge in [0.2, 0.25) is 0 Å². The summed E-state index contributed by atoms with van der Waals surface area (Å²) >= 11 is 0. The average Bonchev–Trinajstić information content (AvgIpc) is 2.41. The van der Waals surface area contributed by atoms with Crippen molar-refractivity contribution in [2.24, 2.45) is 23.7 Å². The highest BCUT2D eigenvalue weighted by molar-refractivity contribution is 5.92. The van der Waals surface area contributed by atoms with E-state index >= 15 is 0 Å². The van der Waals surface area contributed by atoms with Crippen molar-refractivity contribution in [3.8, 4) is 0 Å². The molecule has 2 aliphatic carbocycles. The first-order chi connectivity index (χ1) is 5.70. The molecule has 0 aromatic rings. The fraction of sp³-hybridized carbons (Fsp3) is 0.727. The van der Waals surface area contributed by atoms with Crippen LogP contribution >= 0.6 is 0 Å². The molecule has 0 aromatic carbocycles. The Hall–Kier alpha value is -0.590. The molecule has 0 aliphatic heterocycles. The topological polar surface area (TPSA) is 17.1 Å². The van der Waals surface area contributed by atoms with Gasteiger partial charge >= 0.3 is 0 Å². The summed E-state index contributed by atoms with van der Waals surface area (Å²) in [4.78, 5) is 11.4. The Kier molecular flexibility index (Phi) is 1.82. The Morgan fingerprint density at radius 2 is 2.08 bits per heavy atom. The predicted octanol–water partition coefficient (Wildman–Crippen LogP) is 2.42. The van der Waals surface area contributed by atoms with Crippen molar-refractivity contribution in [3.63, 3.8) is 0 Å². The van der Waals surface area contributed by atoms with Crippen LogP contribution in [0.1, 0.15) is 26.7 Å². The maximum atomic E-state index is 11.4. The van der Waals surface area contributed by atoms with Crippen molar-refractivity contribution < 1.29 is 4.79 Å². The Morgan fingerprint density at radius 1 is 1.33 bits per heavy atom. The lowest BCUT2D eigenvalue weighted by Gasteiger charge is -2.27. The molecular weight excluding hydrogens is 148 g/mol. The van der Waals surface area contributed by atoms with Crippen LogP contribution in [0.3, 0.4) is 0 Å². The summed E-state index contributed by atoms with van der Waals surface area (Å²) in [5, 5.41) is 0. The van der Waals surface area contributed by atoms with E-state index in [0.717, 1.165) is 5.92 Å². The molecule has 4 atom stereocenters. The van der Waals surface area contributed by atoms with Gasteiger partial charge in [0.05, 0.1) is 0 Å². The number of ketones is 1. The van der Waals surface area contributed by atoms with Crippen LogP contribution in [0.4, 0.5) is 0 Å². The SMILES string of the molecule is C[C@H]1CC[C@@H]2[C@H]1C=CC(=O)[C@@H]2C. The van der Waals surface area contributed by atoms with Gasteiger partial charge in [0.1, 0.15) is 0 Å². The standard InChI is InChI=1S/C11H16O/c1-7-3-4-10-8(2)11(12)6-5-9(7)10/h5-10H,3-4H2,1-2H3/t7-,8+,9-,10-/m0/s1. The summed E-state index contributed by atoms with van der Waals surface area (Å²) in [6.45, 7) is 4.39. The molecule has 0 bridgehead atoms. The fourth-order valence-electron chi connectivity index (χ4n) is 2.75. The second kappa shape index (κ2) is 2.72. The van der Waals surface area contributed by atoms with E-state index in [1.165, 1.54) is 12.8 Å². The normalized spacial score (nSPS) is 46.3. The number of allylic oxidation sites excluding steroid dienone is 2. The third-order valence-electron chi connectivity index (χ3n) is 3.68. The first-order valence-corrected chi connectivity index (χ1v) is 4.92. The van der Waals surface area contributed by atoms with Crippen molar-refractivity contribution in [2.75, 3.05) is 0 Å². The number of hydrogen-bond donors (Lipinski definition) is 0. The van der Waals surface area contributed by atoms with Crippen LogP contribution in [-0.2, 0) is 4.79 Å². The molecule has 0 saturated heterocycles. The molecule has 2 aliphatic rings. The Balaban J connectivity index is 2.25. The fourth-order valence-corrected chi connectivity index (χ4v) is 2.75. The smallest absolute Gasteiger partial charge is 0.158 e. The van der Waals surface area contributed by atoms with Gasteiger partial charge in [-0.3, -0.25) is 4.79 Å². The second-order valence-electron chi connectivity index (χ2n) is 4.35. The third kappa shape index (κ3) is 1.03. The van der Waals surface area contributed by atoms with Crippen molar-refractivity contribution in [2.45, 2.75) is 26.7 Å². The zero-order valence-electron chi connectivity index (χ0n) is 7.79. The lowest BCUT2D eigenvalue weighted by molar-refractivity contribution is -0.120. The minimum Gasteiger partial charge on any atom is -0.295 e. The van der Waals surface area contributed by atoms with Crippen LogP contribution < -0.4 is 0 Å². The van der Waals surface area contributed by atoms with Crippen molar-refractivity contribution in [3.05, 3.63) is 12.2 Å². The van der Waals surface area contributed by atoms with Gasteiger partial charge < -0.3 is 0 Å². The monoisotopic (exact) mass is 164 g/mol. The van der Waals surface area contributed by atoms with Crippen molar-refractivity contribution in [1.82, 2.24) is 0 Å².